The maximum atomic E-state index is 12.0. The number of amides is 2. The fourth-order valence-electron chi connectivity index (χ4n) is 3.04. The summed E-state index contributed by atoms with van der Waals surface area (Å²) < 4.78 is 0. The molecule has 7 nitrogen and oxygen atoms in total. The third-order valence-corrected chi connectivity index (χ3v) is 4.56. The Bertz CT molecular complexity index is 790. The largest absolute Gasteiger partial charge is 0.354 e. The number of aryl methyl sites for hydroxylation is 1. The Morgan fingerprint density at radius 3 is 2.62 bits per heavy atom. The number of urea groups is 1. The molecular formula is C19H22N6O. The molecule has 0 bridgehead atoms. The normalized spacial score (nSPS) is 14.5. The Balaban J connectivity index is 1.45. The zero-order valence-corrected chi connectivity index (χ0v) is 14.8. The molecule has 0 saturated carbocycles. The van der Waals surface area contributed by atoms with E-state index in [-0.39, 0.29) is 6.03 Å². The number of hydrogen-bond acceptors (Lipinski definition) is 5. The molecular weight excluding hydrogens is 328 g/mol. The highest BCUT2D eigenvalue weighted by atomic mass is 16.2. The third-order valence-electron chi connectivity index (χ3n) is 4.56. The zero-order valence-electron chi connectivity index (χ0n) is 14.8. The zero-order chi connectivity index (χ0) is 18.4. The van der Waals surface area contributed by atoms with Crippen molar-refractivity contribution in [3.05, 3.63) is 47.9 Å². The van der Waals surface area contributed by atoms with E-state index in [1.54, 1.807) is 6.20 Å². The molecule has 1 fully saturated rings. The van der Waals surface area contributed by atoms with Crippen LogP contribution in [0.15, 0.2) is 36.7 Å². The molecule has 1 aliphatic rings. The van der Waals surface area contributed by atoms with Crippen LogP contribution in [0.4, 0.5) is 16.3 Å². The first kappa shape index (κ1) is 17.7. The predicted molar refractivity (Wildman–Crippen MR) is 99.9 cm³/mol. The topological polar surface area (TPSA) is 93.9 Å². The lowest BCUT2D eigenvalue weighted by Crippen LogP contribution is -2.40. The standard InChI is InChI=1S/C19H22N6O/c1-14-2-4-16(5-3-14)24-19(26)23-13-15-6-10-25(11-7-15)18-17(12-20)21-8-9-22-18/h2-5,8-9,15H,6-7,10-11,13H2,1H3,(H2,23,24,26). The molecule has 0 spiro atoms. The summed E-state index contributed by atoms with van der Waals surface area (Å²) in [5, 5.41) is 14.9. The molecule has 1 aromatic heterocycles. The molecule has 2 aromatic rings. The molecule has 0 unspecified atom stereocenters. The summed E-state index contributed by atoms with van der Waals surface area (Å²) in [5.74, 6) is 1.07. The van der Waals surface area contributed by atoms with E-state index in [0.717, 1.165) is 37.2 Å². The molecule has 0 aliphatic carbocycles. The lowest BCUT2D eigenvalue weighted by atomic mass is 9.97. The monoisotopic (exact) mass is 350 g/mol. The number of nitrogens with zero attached hydrogens (tertiary/aromatic N) is 4. The van der Waals surface area contributed by atoms with Crippen molar-refractivity contribution in [2.75, 3.05) is 29.9 Å². The van der Waals surface area contributed by atoms with Crippen molar-refractivity contribution in [2.45, 2.75) is 19.8 Å². The molecule has 1 saturated heterocycles. The van der Waals surface area contributed by atoms with E-state index in [9.17, 15) is 4.79 Å². The first-order valence-corrected chi connectivity index (χ1v) is 8.73. The summed E-state index contributed by atoms with van der Waals surface area (Å²) >= 11 is 0. The van der Waals surface area contributed by atoms with Crippen molar-refractivity contribution < 1.29 is 4.79 Å². The van der Waals surface area contributed by atoms with Gasteiger partial charge in [-0.2, -0.15) is 5.26 Å². The van der Waals surface area contributed by atoms with Crippen LogP contribution in [0.5, 0.6) is 0 Å². The summed E-state index contributed by atoms with van der Waals surface area (Å²) in [6.45, 7) is 4.26. The predicted octanol–water partition coefficient (Wildman–Crippen LogP) is 2.69. The first-order chi connectivity index (χ1) is 12.7. The van der Waals surface area contributed by atoms with Crippen molar-refractivity contribution in [3.8, 4) is 6.07 Å². The van der Waals surface area contributed by atoms with Gasteiger partial charge in [-0.05, 0) is 37.8 Å². The van der Waals surface area contributed by atoms with Crippen LogP contribution in [0.2, 0.25) is 0 Å². The molecule has 2 heterocycles. The van der Waals surface area contributed by atoms with E-state index < -0.39 is 0 Å². The second kappa shape index (κ2) is 8.30. The van der Waals surface area contributed by atoms with Gasteiger partial charge in [0.05, 0.1) is 0 Å². The Morgan fingerprint density at radius 2 is 1.92 bits per heavy atom. The van der Waals surface area contributed by atoms with Gasteiger partial charge in [-0.25, -0.2) is 14.8 Å². The minimum Gasteiger partial charge on any atom is -0.354 e. The van der Waals surface area contributed by atoms with Crippen molar-refractivity contribution in [1.82, 2.24) is 15.3 Å². The summed E-state index contributed by atoms with van der Waals surface area (Å²) in [6, 6.07) is 9.62. The number of anilines is 2. The molecule has 134 valence electrons. The van der Waals surface area contributed by atoms with Gasteiger partial charge in [0.1, 0.15) is 6.07 Å². The van der Waals surface area contributed by atoms with Gasteiger partial charge in [0, 0.05) is 37.7 Å². The van der Waals surface area contributed by atoms with E-state index in [2.05, 4.69) is 31.6 Å². The SMILES string of the molecule is Cc1ccc(NC(=O)NCC2CCN(c3nccnc3C#N)CC2)cc1. The number of nitrogens with one attached hydrogen (secondary N) is 2. The molecule has 1 aliphatic heterocycles. The van der Waals surface area contributed by atoms with Crippen molar-refractivity contribution in [2.24, 2.45) is 5.92 Å². The summed E-state index contributed by atoms with van der Waals surface area (Å²) in [5.41, 5.74) is 2.31. The Morgan fingerprint density at radius 1 is 1.23 bits per heavy atom. The first-order valence-electron chi connectivity index (χ1n) is 8.73. The number of hydrogen-bond donors (Lipinski definition) is 2. The van der Waals surface area contributed by atoms with Gasteiger partial charge in [-0.1, -0.05) is 17.7 Å². The average molecular weight is 350 g/mol. The minimum absolute atomic E-state index is 0.183. The number of aromatic nitrogens is 2. The molecule has 3 rings (SSSR count). The second-order valence-electron chi connectivity index (χ2n) is 6.47. The molecule has 1 aromatic carbocycles. The highest BCUT2D eigenvalue weighted by molar-refractivity contribution is 5.89. The van der Waals surface area contributed by atoms with Crippen LogP contribution in [-0.4, -0.2) is 35.6 Å². The number of benzene rings is 1. The van der Waals surface area contributed by atoms with Crippen LogP contribution in [-0.2, 0) is 0 Å². The van der Waals surface area contributed by atoms with Crippen molar-refractivity contribution in [3.63, 3.8) is 0 Å². The van der Waals surface area contributed by atoms with Crippen LogP contribution in [0, 0.1) is 24.2 Å². The average Bonchev–Trinajstić information content (AvgIpc) is 2.68. The minimum atomic E-state index is -0.183. The van der Waals surface area contributed by atoms with E-state index in [1.165, 1.54) is 6.20 Å². The van der Waals surface area contributed by atoms with E-state index in [4.69, 9.17) is 5.26 Å². The maximum absolute atomic E-state index is 12.0. The highest BCUT2D eigenvalue weighted by Gasteiger charge is 2.22. The van der Waals surface area contributed by atoms with Crippen LogP contribution in [0.25, 0.3) is 0 Å². The molecule has 0 radical (unpaired) electrons. The van der Waals surface area contributed by atoms with E-state index >= 15 is 0 Å². The molecule has 26 heavy (non-hydrogen) atoms. The molecule has 7 heteroatoms. The smallest absolute Gasteiger partial charge is 0.319 e. The molecule has 2 amide bonds. The quantitative estimate of drug-likeness (QED) is 0.884. The fraction of sp³-hybridized carbons (Fsp3) is 0.368. The number of carbonyl (C=O) groups excluding carboxylic acids is 1. The van der Waals surface area contributed by atoms with Gasteiger partial charge in [0.25, 0.3) is 0 Å². The number of carbonyl (C=O) groups is 1. The number of nitriles is 1. The Hall–Kier alpha value is -3.14. The summed E-state index contributed by atoms with van der Waals surface area (Å²) in [6.07, 6.45) is 5.02. The van der Waals surface area contributed by atoms with Gasteiger partial charge in [0.15, 0.2) is 11.5 Å². The lowest BCUT2D eigenvalue weighted by Gasteiger charge is -2.32. The van der Waals surface area contributed by atoms with Crippen LogP contribution < -0.4 is 15.5 Å². The van der Waals surface area contributed by atoms with Crippen LogP contribution in [0.3, 0.4) is 0 Å². The van der Waals surface area contributed by atoms with E-state index in [1.807, 2.05) is 31.2 Å². The number of rotatable bonds is 4. The van der Waals surface area contributed by atoms with Gasteiger partial charge in [-0.15, -0.1) is 0 Å². The Kier molecular flexibility index (Phi) is 5.64. The third kappa shape index (κ3) is 4.48. The summed E-state index contributed by atoms with van der Waals surface area (Å²) in [7, 11) is 0. The van der Waals surface area contributed by atoms with Gasteiger partial charge in [0.2, 0.25) is 0 Å². The van der Waals surface area contributed by atoms with Crippen LogP contribution in [0.1, 0.15) is 24.1 Å². The molecule has 2 N–H and O–H groups in total. The van der Waals surface area contributed by atoms with Crippen molar-refractivity contribution >= 4 is 17.5 Å². The second-order valence-corrected chi connectivity index (χ2v) is 6.47. The van der Waals surface area contributed by atoms with E-state index in [0.29, 0.717) is 24.0 Å². The highest BCUT2D eigenvalue weighted by Crippen LogP contribution is 2.22. The molecule has 0 atom stereocenters. The number of piperidine rings is 1. The van der Waals surface area contributed by atoms with Crippen molar-refractivity contribution in [1.29, 1.82) is 5.26 Å². The fourth-order valence-corrected chi connectivity index (χ4v) is 3.04. The maximum Gasteiger partial charge on any atom is 0.319 e. The van der Waals surface area contributed by atoms with Gasteiger partial charge < -0.3 is 15.5 Å². The summed E-state index contributed by atoms with van der Waals surface area (Å²) in [4.78, 5) is 22.5. The lowest BCUT2D eigenvalue weighted by molar-refractivity contribution is 0.248. The Labute approximate surface area is 153 Å². The van der Waals surface area contributed by atoms with Gasteiger partial charge >= 0.3 is 6.03 Å². The van der Waals surface area contributed by atoms with Crippen LogP contribution >= 0.6 is 0 Å². The van der Waals surface area contributed by atoms with Gasteiger partial charge in [-0.3, -0.25) is 0 Å².